The van der Waals surface area contributed by atoms with Crippen molar-refractivity contribution < 1.29 is 0 Å². The molecule has 1 saturated heterocycles. The summed E-state index contributed by atoms with van der Waals surface area (Å²) in [5.74, 6) is 0. The van der Waals surface area contributed by atoms with Crippen LogP contribution in [-0.2, 0) is 0 Å². The van der Waals surface area contributed by atoms with E-state index in [1.54, 1.807) is 0 Å². The van der Waals surface area contributed by atoms with Crippen molar-refractivity contribution in [1.82, 2.24) is 10.6 Å². The van der Waals surface area contributed by atoms with Gasteiger partial charge in [-0.05, 0) is 13.0 Å². The van der Waals surface area contributed by atoms with Crippen LogP contribution in [-0.4, -0.2) is 25.7 Å². The summed E-state index contributed by atoms with van der Waals surface area (Å²) in [6, 6.07) is 0.694. The molecule has 0 bridgehead atoms. The predicted molar refractivity (Wildman–Crippen MR) is 33.9 cm³/mol. The molecular formula is C6H13N2. The molecule has 1 aliphatic rings. The predicted octanol–water partition coefficient (Wildman–Crippen LogP) is -0.0274. The van der Waals surface area contributed by atoms with Gasteiger partial charge in [-0.2, -0.15) is 0 Å². The third-order valence-electron chi connectivity index (χ3n) is 1.48. The van der Waals surface area contributed by atoms with Crippen LogP contribution in [0.15, 0.2) is 0 Å². The minimum Gasteiger partial charge on any atom is -0.313 e. The van der Waals surface area contributed by atoms with E-state index in [9.17, 15) is 0 Å². The molecule has 8 heavy (non-hydrogen) atoms. The van der Waals surface area contributed by atoms with E-state index in [4.69, 9.17) is 0 Å². The summed E-state index contributed by atoms with van der Waals surface area (Å²) in [6.07, 6.45) is 1.24. The second-order valence-electron chi connectivity index (χ2n) is 2.17. The highest BCUT2D eigenvalue weighted by atomic mass is 15.0. The Kier molecular flexibility index (Phi) is 2.30. The van der Waals surface area contributed by atoms with E-state index in [0.29, 0.717) is 6.04 Å². The monoisotopic (exact) mass is 113 g/mol. The van der Waals surface area contributed by atoms with Gasteiger partial charge in [-0.25, -0.2) is 5.32 Å². The van der Waals surface area contributed by atoms with Crippen molar-refractivity contribution in [2.24, 2.45) is 0 Å². The smallest absolute Gasteiger partial charge is 0.0288 e. The Morgan fingerprint density at radius 2 is 2.62 bits per heavy atom. The third-order valence-corrected chi connectivity index (χ3v) is 1.48. The van der Waals surface area contributed by atoms with Gasteiger partial charge < -0.3 is 5.32 Å². The first kappa shape index (κ1) is 6.05. The van der Waals surface area contributed by atoms with Gasteiger partial charge in [0.1, 0.15) is 0 Å². The Morgan fingerprint density at radius 3 is 3.12 bits per heavy atom. The fraction of sp³-hybridized carbons (Fsp3) is 1.00. The summed E-state index contributed by atoms with van der Waals surface area (Å²) >= 11 is 0. The zero-order valence-corrected chi connectivity index (χ0v) is 5.35. The molecule has 2 nitrogen and oxygen atoms in total. The first-order valence-electron chi connectivity index (χ1n) is 3.30. The van der Waals surface area contributed by atoms with Crippen LogP contribution >= 0.6 is 0 Å². The molecule has 0 aliphatic carbocycles. The summed E-state index contributed by atoms with van der Waals surface area (Å²) in [5, 5.41) is 7.57. The van der Waals surface area contributed by atoms with Crippen molar-refractivity contribution in [3.05, 3.63) is 0 Å². The fourth-order valence-electron chi connectivity index (χ4n) is 1.04. The lowest BCUT2D eigenvalue weighted by Crippen LogP contribution is -2.29. The third kappa shape index (κ3) is 1.46. The Balaban J connectivity index is 2.06. The summed E-state index contributed by atoms with van der Waals surface area (Å²) in [6.45, 7) is 5.32. The van der Waals surface area contributed by atoms with E-state index >= 15 is 0 Å². The highest BCUT2D eigenvalue weighted by Crippen LogP contribution is 1.96. The van der Waals surface area contributed by atoms with Crippen LogP contribution in [0.1, 0.15) is 13.3 Å². The van der Waals surface area contributed by atoms with Gasteiger partial charge in [0.15, 0.2) is 0 Å². The van der Waals surface area contributed by atoms with E-state index in [1.165, 1.54) is 6.42 Å². The highest BCUT2D eigenvalue weighted by molar-refractivity contribution is 4.75. The number of rotatable bonds is 2. The van der Waals surface area contributed by atoms with Gasteiger partial charge in [-0.15, -0.1) is 0 Å². The van der Waals surface area contributed by atoms with E-state index < -0.39 is 0 Å². The van der Waals surface area contributed by atoms with Crippen LogP contribution in [0.3, 0.4) is 0 Å². The summed E-state index contributed by atoms with van der Waals surface area (Å²) in [7, 11) is 0. The molecule has 0 saturated carbocycles. The zero-order chi connectivity index (χ0) is 5.82. The number of hydrogen-bond acceptors (Lipinski definition) is 1. The van der Waals surface area contributed by atoms with Crippen LogP contribution in [0.5, 0.6) is 0 Å². The van der Waals surface area contributed by atoms with Gasteiger partial charge in [0.25, 0.3) is 0 Å². The molecule has 1 radical (unpaired) electrons. The van der Waals surface area contributed by atoms with E-state index in [-0.39, 0.29) is 0 Å². The van der Waals surface area contributed by atoms with Crippen LogP contribution in [0.25, 0.3) is 0 Å². The quantitative estimate of drug-likeness (QED) is 0.535. The van der Waals surface area contributed by atoms with Crippen LogP contribution in [0.2, 0.25) is 0 Å². The average Bonchev–Trinajstić information content (AvgIpc) is 2.19. The maximum Gasteiger partial charge on any atom is 0.0288 e. The van der Waals surface area contributed by atoms with Gasteiger partial charge >= 0.3 is 0 Å². The normalized spacial score (nSPS) is 28.9. The summed E-state index contributed by atoms with van der Waals surface area (Å²) in [5.41, 5.74) is 0. The molecule has 1 rings (SSSR count). The number of hydrogen-bond donors (Lipinski definition) is 1. The first-order valence-corrected chi connectivity index (χ1v) is 3.30. The Morgan fingerprint density at radius 1 is 1.75 bits per heavy atom. The lowest BCUT2D eigenvalue weighted by atomic mass is 10.3. The molecule has 0 unspecified atom stereocenters. The Labute approximate surface area is 50.7 Å². The van der Waals surface area contributed by atoms with Crippen molar-refractivity contribution in [2.75, 3.05) is 19.6 Å². The highest BCUT2D eigenvalue weighted by Gasteiger charge is 2.12. The molecule has 1 N–H and O–H groups in total. The second kappa shape index (κ2) is 3.05. The van der Waals surface area contributed by atoms with E-state index in [0.717, 1.165) is 19.6 Å². The van der Waals surface area contributed by atoms with Crippen molar-refractivity contribution >= 4 is 0 Å². The minimum absolute atomic E-state index is 0.694. The molecule has 0 spiro atoms. The lowest BCUT2D eigenvalue weighted by Gasteiger charge is -2.05. The molecule has 0 aromatic carbocycles. The second-order valence-corrected chi connectivity index (χ2v) is 2.17. The van der Waals surface area contributed by atoms with Gasteiger partial charge in [-0.3, -0.25) is 0 Å². The molecule has 1 aliphatic heterocycles. The molecule has 0 aromatic rings. The lowest BCUT2D eigenvalue weighted by molar-refractivity contribution is 0.566. The standard InChI is InChI=1S/C6H13N2/c1-2-8-6-3-4-7-5-6/h6,8H,2-5H2,1H3/t6-/m0/s1. The molecule has 1 atom stereocenters. The van der Waals surface area contributed by atoms with Crippen molar-refractivity contribution in [2.45, 2.75) is 19.4 Å². The van der Waals surface area contributed by atoms with Gasteiger partial charge in [0.2, 0.25) is 0 Å². The van der Waals surface area contributed by atoms with Crippen LogP contribution in [0.4, 0.5) is 0 Å². The van der Waals surface area contributed by atoms with Crippen molar-refractivity contribution in [3.8, 4) is 0 Å². The number of likely N-dealkylation sites (N-methyl/N-ethyl adjacent to an activating group) is 1. The minimum atomic E-state index is 0.694. The summed E-state index contributed by atoms with van der Waals surface area (Å²) < 4.78 is 0. The molecule has 0 aromatic heterocycles. The molecule has 1 fully saturated rings. The van der Waals surface area contributed by atoms with Crippen LogP contribution < -0.4 is 10.6 Å². The molecule has 0 amide bonds. The topological polar surface area (TPSA) is 26.1 Å². The largest absolute Gasteiger partial charge is 0.313 e. The van der Waals surface area contributed by atoms with E-state index in [2.05, 4.69) is 17.6 Å². The molecular weight excluding hydrogens is 100 g/mol. The fourth-order valence-corrected chi connectivity index (χ4v) is 1.04. The average molecular weight is 113 g/mol. The maximum absolute atomic E-state index is 4.22. The summed E-state index contributed by atoms with van der Waals surface area (Å²) in [4.78, 5) is 0. The molecule has 2 heteroatoms. The maximum atomic E-state index is 4.22. The molecule has 47 valence electrons. The number of nitrogens with zero attached hydrogens (tertiary/aromatic N) is 1. The Bertz CT molecular complexity index is 57.5. The van der Waals surface area contributed by atoms with Crippen molar-refractivity contribution in [3.63, 3.8) is 0 Å². The van der Waals surface area contributed by atoms with Gasteiger partial charge in [-0.1, -0.05) is 6.92 Å². The van der Waals surface area contributed by atoms with Gasteiger partial charge in [0, 0.05) is 19.1 Å². The van der Waals surface area contributed by atoms with Crippen molar-refractivity contribution in [1.29, 1.82) is 0 Å². The van der Waals surface area contributed by atoms with E-state index in [1.807, 2.05) is 0 Å². The first-order chi connectivity index (χ1) is 3.93. The zero-order valence-electron chi connectivity index (χ0n) is 5.35. The number of nitrogens with one attached hydrogen (secondary N) is 1. The van der Waals surface area contributed by atoms with Gasteiger partial charge in [0.05, 0.1) is 0 Å². The SMILES string of the molecule is CCN[C@H]1CC[N]C1. The molecule has 1 heterocycles. The Hall–Kier alpha value is -0.0800. The van der Waals surface area contributed by atoms with Crippen LogP contribution in [0, 0.1) is 0 Å².